The molecule has 2 amide bonds. The summed E-state index contributed by atoms with van der Waals surface area (Å²) in [6, 6.07) is 6.15. The predicted molar refractivity (Wildman–Crippen MR) is 97.4 cm³/mol. The second-order valence-electron chi connectivity index (χ2n) is 7.74. The van der Waals surface area contributed by atoms with Gasteiger partial charge >= 0.3 is 17.8 Å². The fourth-order valence-electron chi connectivity index (χ4n) is 2.21. The third-order valence-corrected chi connectivity index (χ3v) is 3.11. The lowest BCUT2D eigenvalue weighted by atomic mass is 10.1. The van der Waals surface area contributed by atoms with Gasteiger partial charge in [-0.05, 0) is 59.7 Å². The van der Waals surface area contributed by atoms with Crippen LogP contribution in [0, 0.1) is 0 Å². The number of hydrogen-bond donors (Lipinski definition) is 0. The number of rotatable bonds is 1. The number of carbonyl (C=O) groups is 2. The quantitative estimate of drug-likeness (QED) is 0.745. The highest BCUT2D eigenvalue weighted by Gasteiger charge is 2.33. The maximum Gasteiger partial charge on any atom is 0.424 e. The van der Waals surface area contributed by atoms with E-state index in [1.807, 2.05) is 0 Å². The van der Waals surface area contributed by atoms with Gasteiger partial charge in [-0.15, -0.1) is 0 Å². The minimum atomic E-state index is -0.896. The number of fused-ring (bicyclic) bond motifs is 1. The predicted octanol–water partition coefficient (Wildman–Crippen LogP) is 4.47. The Morgan fingerprint density at radius 3 is 1.92 bits per heavy atom. The van der Waals surface area contributed by atoms with Crippen LogP contribution >= 0.6 is 0 Å². The van der Waals surface area contributed by atoms with Crippen LogP contribution in [0.15, 0.2) is 39.7 Å². The van der Waals surface area contributed by atoms with Gasteiger partial charge in [-0.3, -0.25) is 0 Å². The summed E-state index contributed by atoms with van der Waals surface area (Å²) in [6.45, 7) is 10.1. The van der Waals surface area contributed by atoms with Crippen LogP contribution in [0.2, 0.25) is 0 Å². The van der Waals surface area contributed by atoms with Gasteiger partial charge in [0.15, 0.2) is 0 Å². The van der Waals surface area contributed by atoms with Crippen molar-refractivity contribution in [3.05, 3.63) is 40.9 Å². The van der Waals surface area contributed by atoms with Crippen molar-refractivity contribution in [2.45, 2.75) is 52.7 Å². The Balaban J connectivity index is 2.61. The normalized spacial score (nSPS) is 11.9. The second-order valence-corrected chi connectivity index (χ2v) is 7.74. The Morgan fingerprint density at radius 1 is 0.885 bits per heavy atom. The average molecular weight is 361 g/mol. The average Bonchev–Trinajstić information content (AvgIpc) is 2.44. The van der Waals surface area contributed by atoms with Gasteiger partial charge in [-0.25, -0.2) is 14.4 Å². The van der Waals surface area contributed by atoms with E-state index in [2.05, 4.69) is 0 Å². The first-order valence-corrected chi connectivity index (χ1v) is 8.16. The van der Waals surface area contributed by atoms with E-state index in [1.165, 1.54) is 18.4 Å². The summed E-state index contributed by atoms with van der Waals surface area (Å²) in [6.07, 6.45) is -0.587. The number of ether oxygens (including phenoxy) is 2. The molecule has 1 aromatic heterocycles. The number of nitrogens with zero attached hydrogens (tertiary/aromatic N) is 1. The van der Waals surface area contributed by atoms with E-state index in [4.69, 9.17) is 13.9 Å². The fraction of sp³-hybridized carbons (Fsp3) is 0.421. The number of imide groups is 1. The van der Waals surface area contributed by atoms with Crippen LogP contribution in [0.4, 0.5) is 15.3 Å². The van der Waals surface area contributed by atoms with Gasteiger partial charge in [-0.1, -0.05) is 6.07 Å². The van der Waals surface area contributed by atoms with Crippen molar-refractivity contribution in [1.29, 1.82) is 0 Å². The molecule has 0 aliphatic heterocycles. The maximum atomic E-state index is 12.7. The highest BCUT2D eigenvalue weighted by Crippen LogP contribution is 2.28. The molecule has 0 atom stereocenters. The molecule has 0 aliphatic rings. The molecule has 0 radical (unpaired) electrons. The summed E-state index contributed by atoms with van der Waals surface area (Å²) in [7, 11) is 0. The molecule has 2 aromatic rings. The molecule has 7 nitrogen and oxygen atoms in total. The molecule has 0 fully saturated rings. The van der Waals surface area contributed by atoms with Gasteiger partial charge < -0.3 is 13.9 Å². The standard InChI is InChI=1S/C19H23NO6/c1-18(2,3)25-16(22)20(17(23)26-19(4,5)6)14-9-7-8-13-12(14)10-11-24-15(13)21/h7-11H,1-6H3. The summed E-state index contributed by atoms with van der Waals surface area (Å²) < 4.78 is 15.6. The highest BCUT2D eigenvalue weighted by molar-refractivity contribution is 6.14. The SMILES string of the molecule is CC(C)(C)OC(=O)N(C(=O)OC(C)(C)C)c1cccc2c(=O)occc12. The Morgan fingerprint density at radius 2 is 1.42 bits per heavy atom. The molecule has 2 rings (SSSR count). The molecular weight excluding hydrogens is 338 g/mol. The van der Waals surface area contributed by atoms with E-state index < -0.39 is 29.0 Å². The van der Waals surface area contributed by atoms with Crippen LogP contribution in [0.1, 0.15) is 41.5 Å². The van der Waals surface area contributed by atoms with Crippen molar-refractivity contribution in [3.63, 3.8) is 0 Å². The number of amides is 2. The van der Waals surface area contributed by atoms with Gasteiger partial charge in [0.2, 0.25) is 0 Å². The summed E-state index contributed by atoms with van der Waals surface area (Å²) >= 11 is 0. The lowest BCUT2D eigenvalue weighted by Crippen LogP contribution is -2.44. The van der Waals surface area contributed by atoms with Crippen LogP contribution in [-0.2, 0) is 9.47 Å². The fourth-order valence-corrected chi connectivity index (χ4v) is 2.21. The monoisotopic (exact) mass is 361 g/mol. The zero-order valence-electron chi connectivity index (χ0n) is 15.8. The number of carbonyl (C=O) groups excluding carboxylic acids is 2. The summed E-state index contributed by atoms with van der Waals surface area (Å²) in [5.74, 6) is 0. The Kier molecular flexibility index (Phi) is 5.11. The highest BCUT2D eigenvalue weighted by atomic mass is 16.6. The van der Waals surface area contributed by atoms with Crippen LogP contribution < -0.4 is 10.5 Å². The molecule has 0 N–H and O–H groups in total. The topological polar surface area (TPSA) is 86.0 Å². The van der Waals surface area contributed by atoms with E-state index in [9.17, 15) is 14.4 Å². The number of hydrogen-bond acceptors (Lipinski definition) is 6. The van der Waals surface area contributed by atoms with Gasteiger partial charge in [0.25, 0.3) is 0 Å². The Bertz CT molecular complexity index is 857. The largest absolute Gasteiger partial charge is 0.443 e. The smallest absolute Gasteiger partial charge is 0.424 e. The first-order chi connectivity index (χ1) is 11.9. The number of anilines is 1. The molecule has 0 aliphatic carbocycles. The lowest BCUT2D eigenvalue weighted by Gasteiger charge is -2.29. The van der Waals surface area contributed by atoms with Crippen molar-refractivity contribution in [3.8, 4) is 0 Å². The molecule has 7 heteroatoms. The van der Waals surface area contributed by atoms with Gasteiger partial charge in [-0.2, -0.15) is 4.90 Å². The Labute approximate surface area is 151 Å². The summed E-state index contributed by atoms with van der Waals surface area (Å²) in [4.78, 5) is 38.2. The zero-order chi connectivity index (χ0) is 19.7. The lowest BCUT2D eigenvalue weighted by molar-refractivity contribution is 0.0431. The first kappa shape index (κ1) is 19.5. The molecule has 1 heterocycles. The van der Waals surface area contributed by atoms with Crippen molar-refractivity contribution in [2.75, 3.05) is 4.90 Å². The van der Waals surface area contributed by atoms with Gasteiger partial charge in [0.1, 0.15) is 11.2 Å². The molecule has 0 saturated heterocycles. The summed E-state index contributed by atoms with van der Waals surface area (Å²) in [5.41, 5.74) is -2.03. The third-order valence-electron chi connectivity index (χ3n) is 3.11. The third kappa shape index (κ3) is 4.62. The van der Waals surface area contributed by atoms with Crippen LogP contribution in [0.3, 0.4) is 0 Å². The molecule has 26 heavy (non-hydrogen) atoms. The Hall–Kier alpha value is -2.83. The van der Waals surface area contributed by atoms with E-state index in [1.54, 1.807) is 53.7 Å². The second kappa shape index (κ2) is 6.82. The van der Waals surface area contributed by atoms with E-state index in [0.717, 1.165) is 4.90 Å². The van der Waals surface area contributed by atoms with Crippen molar-refractivity contribution in [1.82, 2.24) is 0 Å². The van der Waals surface area contributed by atoms with E-state index in [-0.39, 0.29) is 11.1 Å². The first-order valence-electron chi connectivity index (χ1n) is 8.16. The minimum Gasteiger partial charge on any atom is -0.443 e. The molecule has 0 saturated carbocycles. The number of benzene rings is 1. The summed E-state index contributed by atoms with van der Waals surface area (Å²) in [5, 5.41) is 0.614. The molecule has 0 bridgehead atoms. The molecule has 1 aromatic carbocycles. The van der Waals surface area contributed by atoms with Gasteiger partial charge in [0.05, 0.1) is 17.3 Å². The molecule has 140 valence electrons. The maximum absolute atomic E-state index is 12.7. The van der Waals surface area contributed by atoms with Crippen molar-refractivity contribution < 1.29 is 23.5 Å². The van der Waals surface area contributed by atoms with E-state index in [0.29, 0.717) is 5.39 Å². The van der Waals surface area contributed by atoms with Crippen molar-refractivity contribution in [2.24, 2.45) is 0 Å². The molecule has 0 spiro atoms. The van der Waals surface area contributed by atoms with Crippen molar-refractivity contribution >= 4 is 28.6 Å². The zero-order valence-corrected chi connectivity index (χ0v) is 15.8. The van der Waals surface area contributed by atoms with Crippen LogP contribution in [0.25, 0.3) is 10.8 Å². The molecule has 0 unspecified atom stereocenters. The van der Waals surface area contributed by atoms with Gasteiger partial charge in [0, 0.05) is 5.39 Å². The van der Waals surface area contributed by atoms with E-state index >= 15 is 0 Å². The minimum absolute atomic E-state index is 0.180. The van der Waals surface area contributed by atoms with Crippen LogP contribution in [0.5, 0.6) is 0 Å². The molecular formula is C19H23NO6. The van der Waals surface area contributed by atoms with Crippen LogP contribution in [-0.4, -0.2) is 23.4 Å².